The zero-order valence-corrected chi connectivity index (χ0v) is 11.5. The topological polar surface area (TPSA) is 45.5 Å². The minimum atomic E-state index is 0.767. The van der Waals surface area contributed by atoms with Gasteiger partial charge in [0.2, 0.25) is 5.95 Å². The third-order valence-electron chi connectivity index (χ3n) is 3.96. The average Bonchev–Trinajstić information content (AvgIpc) is 2.99. The van der Waals surface area contributed by atoms with Gasteiger partial charge in [-0.1, -0.05) is 0 Å². The molecule has 2 aliphatic rings. The van der Waals surface area contributed by atoms with Crippen LogP contribution in [0.2, 0.25) is 0 Å². The molecule has 5 nitrogen and oxygen atoms in total. The molecule has 2 aliphatic heterocycles. The van der Waals surface area contributed by atoms with E-state index in [1.165, 1.54) is 0 Å². The smallest absolute Gasteiger partial charge is 0.245 e. The summed E-state index contributed by atoms with van der Waals surface area (Å²) in [7, 11) is 0. The second kappa shape index (κ2) is 3.93. The SMILES string of the molecule is Brc1ccc2nc(N3CC4CNCC4C3)nn2c1. The lowest BCUT2D eigenvalue weighted by molar-refractivity contribution is 0.533. The lowest BCUT2D eigenvalue weighted by Crippen LogP contribution is -2.26. The lowest BCUT2D eigenvalue weighted by Gasteiger charge is -2.14. The number of fused-ring (bicyclic) bond motifs is 2. The summed E-state index contributed by atoms with van der Waals surface area (Å²) in [5.74, 6) is 2.40. The van der Waals surface area contributed by atoms with Gasteiger partial charge in [0, 0.05) is 36.8 Å². The van der Waals surface area contributed by atoms with E-state index in [0.29, 0.717) is 0 Å². The summed E-state index contributed by atoms with van der Waals surface area (Å²) in [6, 6.07) is 3.98. The van der Waals surface area contributed by atoms with Crippen LogP contribution in [0.5, 0.6) is 0 Å². The summed E-state index contributed by atoms with van der Waals surface area (Å²) in [4.78, 5) is 6.92. The molecule has 0 aliphatic carbocycles. The minimum Gasteiger partial charge on any atom is -0.339 e. The molecule has 1 N–H and O–H groups in total. The highest BCUT2D eigenvalue weighted by Gasteiger charge is 2.37. The highest BCUT2D eigenvalue weighted by Crippen LogP contribution is 2.29. The Labute approximate surface area is 113 Å². The van der Waals surface area contributed by atoms with Crippen molar-refractivity contribution >= 4 is 27.5 Å². The maximum absolute atomic E-state index is 4.60. The van der Waals surface area contributed by atoms with E-state index in [2.05, 4.69) is 36.2 Å². The predicted octanol–water partition coefficient (Wildman–Crippen LogP) is 1.15. The van der Waals surface area contributed by atoms with Gasteiger partial charge in [-0.05, 0) is 39.9 Å². The maximum atomic E-state index is 4.60. The molecule has 0 bridgehead atoms. The summed E-state index contributed by atoms with van der Waals surface area (Å²) in [6.45, 7) is 4.44. The number of halogens is 1. The molecule has 0 amide bonds. The predicted molar refractivity (Wildman–Crippen MR) is 72.7 cm³/mol. The highest BCUT2D eigenvalue weighted by atomic mass is 79.9. The highest BCUT2D eigenvalue weighted by molar-refractivity contribution is 9.10. The second-order valence-corrected chi connectivity index (χ2v) is 6.06. The van der Waals surface area contributed by atoms with Gasteiger partial charge in [0.05, 0.1) is 0 Å². The molecule has 2 saturated heterocycles. The molecule has 4 heterocycles. The standard InChI is InChI=1S/C12H14BrN5/c13-10-1-2-11-15-12(16-18(11)7-10)17-5-8-3-14-4-9(8)6-17/h1-2,7-9,14H,3-6H2. The van der Waals surface area contributed by atoms with Crippen LogP contribution in [0.4, 0.5) is 5.95 Å². The van der Waals surface area contributed by atoms with Crippen LogP contribution in [0, 0.1) is 11.8 Å². The summed E-state index contributed by atoms with van der Waals surface area (Å²) in [6.07, 6.45) is 1.95. The fourth-order valence-corrected chi connectivity index (χ4v) is 3.33. The number of rotatable bonds is 1. The van der Waals surface area contributed by atoms with Gasteiger partial charge < -0.3 is 10.2 Å². The molecule has 6 heteroatoms. The van der Waals surface area contributed by atoms with Gasteiger partial charge in [0.1, 0.15) is 0 Å². The van der Waals surface area contributed by atoms with E-state index in [0.717, 1.165) is 54.1 Å². The van der Waals surface area contributed by atoms with Gasteiger partial charge in [-0.3, -0.25) is 0 Å². The Morgan fingerprint density at radius 2 is 2.00 bits per heavy atom. The van der Waals surface area contributed by atoms with Crippen molar-refractivity contribution in [2.45, 2.75) is 0 Å². The molecule has 2 aromatic heterocycles. The van der Waals surface area contributed by atoms with E-state index < -0.39 is 0 Å². The molecule has 4 rings (SSSR count). The van der Waals surface area contributed by atoms with Crippen LogP contribution in [0.1, 0.15) is 0 Å². The first kappa shape index (κ1) is 10.8. The van der Waals surface area contributed by atoms with Crippen molar-refractivity contribution in [2.24, 2.45) is 11.8 Å². The van der Waals surface area contributed by atoms with E-state index >= 15 is 0 Å². The zero-order chi connectivity index (χ0) is 12.1. The molecule has 0 aromatic carbocycles. The van der Waals surface area contributed by atoms with Gasteiger partial charge in [0.25, 0.3) is 0 Å². The third-order valence-corrected chi connectivity index (χ3v) is 4.43. The number of pyridine rings is 1. The van der Waals surface area contributed by atoms with Crippen LogP contribution >= 0.6 is 15.9 Å². The average molecular weight is 308 g/mol. The summed E-state index contributed by atoms with van der Waals surface area (Å²) in [5.41, 5.74) is 0.906. The number of hydrogen-bond donors (Lipinski definition) is 1. The van der Waals surface area contributed by atoms with Crippen LogP contribution in [0.15, 0.2) is 22.8 Å². The van der Waals surface area contributed by atoms with Crippen molar-refractivity contribution in [2.75, 3.05) is 31.1 Å². The van der Waals surface area contributed by atoms with Gasteiger partial charge in [-0.15, -0.1) is 5.10 Å². The number of nitrogens with zero attached hydrogens (tertiary/aromatic N) is 4. The number of hydrogen-bond acceptors (Lipinski definition) is 4. The lowest BCUT2D eigenvalue weighted by atomic mass is 10.0. The molecule has 0 spiro atoms. The molecule has 0 saturated carbocycles. The van der Waals surface area contributed by atoms with Crippen LogP contribution in [-0.2, 0) is 0 Å². The molecule has 94 valence electrons. The van der Waals surface area contributed by atoms with E-state index in [9.17, 15) is 0 Å². The third kappa shape index (κ3) is 1.63. The summed E-state index contributed by atoms with van der Waals surface area (Å²) < 4.78 is 2.86. The monoisotopic (exact) mass is 307 g/mol. The molecular weight excluding hydrogens is 294 g/mol. The van der Waals surface area contributed by atoms with Crippen molar-refractivity contribution in [3.05, 3.63) is 22.8 Å². The molecule has 2 fully saturated rings. The first-order chi connectivity index (χ1) is 8.79. The van der Waals surface area contributed by atoms with Gasteiger partial charge in [-0.2, -0.15) is 4.98 Å². The Kier molecular flexibility index (Phi) is 2.35. The first-order valence-electron chi connectivity index (χ1n) is 6.27. The van der Waals surface area contributed by atoms with E-state index in [1.54, 1.807) is 0 Å². The molecule has 0 radical (unpaired) electrons. The maximum Gasteiger partial charge on any atom is 0.245 e. The van der Waals surface area contributed by atoms with E-state index in [4.69, 9.17) is 0 Å². The fraction of sp³-hybridized carbons (Fsp3) is 0.500. The van der Waals surface area contributed by atoms with Crippen LogP contribution < -0.4 is 10.2 Å². The minimum absolute atomic E-state index is 0.767. The van der Waals surface area contributed by atoms with Crippen molar-refractivity contribution in [1.82, 2.24) is 19.9 Å². The van der Waals surface area contributed by atoms with Crippen LogP contribution in [-0.4, -0.2) is 40.8 Å². The van der Waals surface area contributed by atoms with Gasteiger partial charge in [-0.25, -0.2) is 4.52 Å². The molecule has 18 heavy (non-hydrogen) atoms. The van der Waals surface area contributed by atoms with Crippen molar-refractivity contribution in [1.29, 1.82) is 0 Å². The zero-order valence-electron chi connectivity index (χ0n) is 9.88. The quantitative estimate of drug-likeness (QED) is 0.858. The molecular formula is C12H14BrN5. The molecule has 2 aromatic rings. The Bertz CT molecular complexity index is 583. The van der Waals surface area contributed by atoms with Crippen LogP contribution in [0.25, 0.3) is 5.65 Å². The Hall–Kier alpha value is -1.14. The second-order valence-electron chi connectivity index (χ2n) is 5.15. The van der Waals surface area contributed by atoms with Crippen molar-refractivity contribution in [3.63, 3.8) is 0 Å². The van der Waals surface area contributed by atoms with Crippen molar-refractivity contribution < 1.29 is 0 Å². The van der Waals surface area contributed by atoms with E-state index in [1.807, 2.05) is 22.8 Å². The fourth-order valence-electron chi connectivity index (χ4n) is 3.00. The van der Waals surface area contributed by atoms with Crippen molar-refractivity contribution in [3.8, 4) is 0 Å². The largest absolute Gasteiger partial charge is 0.339 e. The number of nitrogens with one attached hydrogen (secondary N) is 1. The Balaban J connectivity index is 1.67. The molecule has 2 atom stereocenters. The first-order valence-corrected chi connectivity index (χ1v) is 7.06. The van der Waals surface area contributed by atoms with Crippen LogP contribution in [0.3, 0.4) is 0 Å². The normalized spacial score (nSPS) is 27.1. The number of anilines is 1. The van der Waals surface area contributed by atoms with E-state index in [-0.39, 0.29) is 0 Å². The van der Waals surface area contributed by atoms with Gasteiger partial charge in [0.15, 0.2) is 5.65 Å². The van der Waals surface area contributed by atoms with Gasteiger partial charge >= 0.3 is 0 Å². The summed E-state index contributed by atoms with van der Waals surface area (Å²) >= 11 is 3.45. The molecule has 2 unspecified atom stereocenters. The Morgan fingerprint density at radius 3 is 2.78 bits per heavy atom. The number of aromatic nitrogens is 3. The Morgan fingerprint density at radius 1 is 1.22 bits per heavy atom. The summed E-state index contributed by atoms with van der Waals surface area (Å²) in [5, 5.41) is 8.02.